The third-order valence-electron chi connectivity index (χ3n) is 4.92. The van der Waals surface area contributed by atoms with Gasteiger partial charge in [-0.15, -0.1) is 0 Å². The van der Waals surface area contributed by atoms with Gasteiger partial charge in [-0.25, -0.2) is 0 Å². The van der Waals surface area contributed by atoms with Crippen molar-refractivity contribution in [3.63, 3.8) is 0 Å². The van der Waals surface area contributed by atoms with E-state index in [4.69, 9.17) is 0 Å². The maximum absolute atomic E-state index is 11.6. The number of hydrogen-bond donors (Lipinski definition) is 3. The summed E-state index contributed by atoms with van der Waals surface area (Å²) < 4.78 is 0. The first-order chi connectivity index (χ1) is 11.8. The average molecular weight is 337 g/mol. The number of rotatable bonds is 10. The highest BCUT2D eigenvalue weighted by Gasteiger charge is 2.22. The fourth-order valence-electron chi connectivity index (χ4n) is 3.37. The summed E-state index contributed by atoms with van der Waals surface area (Å²) in [5, 5.41) is 9.74. The molecule has 0 atom stereocenters. The second-order valence-electron chi connectivity index (χ2n) is 7.28. The number of amides is 1. The summed E-state index contributed by atoms with van der Waals surface area (Å²) in [6, 6.07) is 0.462. The van der Waals surface area contributed by atoms with Crippen LogP contribution in [0.2, 0.25) is 0 Å². The molecule has 0 spiro atoms. The maximum atomic E-state index is 11.6. The van der Waals surface area contributed by atoms with E-state index in [9.17, 15) is 4.79 Å². The van der Waals surface area contributed by atoms with Crippen molar-refractivity contribution in [2.24, 2.45) is 10.9 Å². The molecule has 0 aromatic carbocycles. The molecule has 0 aliphatic heterocycles. The lowest BCUT2D eigenvalue weighted by Crippen LogP contribution is -2.38. The van der Waals surface area contributed by atoms with Crippen LogP contribution >= 0.6 is 0 Å². The minimum atomic E-state index is 0.179. The van der Waals surface area contributed by atoms with Gasteiger partial charge in [-0.2, -0.15) is 0 Å². The largest absolute Gasteiger partial charge is 0.357 e. The Morgan fingerprint density at radius 2 is 1.83 bits per heavy atom. The minimum absolute atomic E-state index is 0.179. The predicted molar refractivity (Wildman–Crippen MR) is 100 cm³/mol. The molecular formula is C19H36N4O. The first kappa shape index (κ1) is 19.1. The first-order valence-electron chi connectivity index (χ1n) is 10.1. The Kier molecular flexibility index (Phi) is 9.00. The first-order valence-corrected chi connectivity index (χ1v) is 10.1. The summed E-state index contributed by atoms with van der Waals surface area (Å²) in [5.74, 6) is 2.02. The molecule has 2 aliphatic rings. The van der Waals surface area contributed by atoms with Gasteiger partial charge in [0.25, 0.3) is 0 Å². The molecule has 24 heavy (non-hydrogen) atoms. The Morgan fingerprint density at radius 1 is 1.04 bits per heavy atom. The second-order valence-corrected chi connectivity index (χ2v) is 7.28. The van der Waals surface area contributed by atoms with Crippen LogP contribution in [0.5, 0.6) is 0 Å². The molecule has 3 N–H and O–H groups in total. The van der Waals surface area contributed by atoms with Crippen molar-refractivity contribution in [1.29, 1.82) is 0 Å². The lowest BCUT2D eigenvalue weighted by molar-refractivity contribution is -0.121. The van der Waals surface area contributed by atoms with Crippen LogP contribution in [0.1, 0.15) is 77.6 Å². The van der Waals surface area contributed by atoms with Gasteiger partial charge in [0.15, 0.2) is 5.96 Å². The number of hydrogen-bond acceptors (Lipinski definition) is 2. The van der Waals surface area contributed by atoms with Gasteiger partial charge in [-0.05, 0) is 44.9 Å². The van der Waals surface area contributed by atoms with E-state index in [0.29, 0.717) is 19.0 Å². The summed E-state index contributed by atoms with van der Waals surface area (Å²) in [4.78, 5) is 16.2. The van der Waals surface area contributed by atoms with Gasteiger partial charge < -0.3 is 16.0 Å². The van der Waals surface area contributed by atoms with Gasteiger partial charge in [0.2, 0.25) is 5.91 Å². The third-order valence-corrected chi connectivity index (χ3v) is 4.92. The van der Waals surface area contributed by atoms with Crippen LogP contribution < -0.4 is 16.0 Å². The fourth-order valence-corrected chi connectivity index (χ4v) is 3.37. The van der Waals surface area contributed by atoms with E-state index < -0.39 is 0 Å². The Labute approximate surface area is 147 Å². The molecule has 5 heteroatoms. The van der Waals surface area contributed by atoms with E-state index >= 15 is 0 Å². The van der Waals surface area contributed by atoms with E-state index in [-0.39, 0.29) is 5.91 Å². The Hall–Kier alpha value is -1.26. The quantitative estimate of drug-likeness (QED) is 0.326. The molecule has 138 valence electrons. The highest BCUT2D eigenvalue weighted by atomic mass is 16.1. The highest BCUT2D eigenvalue weighted by molar-refractivity contribution is 5.79. The molecule has 0 saturated heterocycles. The molecule has 0 aromatic rings. The highest BCUT2D eigenvalue weighted by Crippen LogP contribution is 2.26. The summed E-state index contributed by atoms with van der Waals surface area (Å²) >= 11 is 0. The number of carbonyl (C=O) groups excluding carboxylic acids is 1. The van der Waals surface area contributed by atoms with E-state index in [0.717, 1.165) is 44.2 Å². The van der Waals surface area contributed by atoms with E-state index in [1.54, 1.807) is 0 Å². The third kappa shape index (κ3) is 8.55. The molecule has 2 fully saturated rings. The SMILES string of the molecule is CCNC(=NCCCC(=O)NC1CC1)NCCCC1CCCCC1. The molecule has 5 nitrogen and oxygen atoms in total. The topological polar surface area (TPSA) is 65.5 Å². The smallest absolute Gasteiger partial charge is 0.220 e. The van der Waals surface area contributed by atoms with Crippen molar-refractivity contribution >= 4 is 11.9 Å². The number of nitrogens with zero attached hydrogens (tertiary/aromatic N) is 1. The van der Waals surface area contributed by atoms with Gasteiger partial charge in [0.1, 0.15) is 0 Å². The molecule has 2 saturated carbocycles. The van der Waals surface area contributed by atoms with Crippen molar-refractivity contribution in [2.45, 2.75) is 83.6 Å². The van der Waals surface area contributed by atoms with Gasteiger partial charge in [-0.1, -0.05) is 32.1 Å². The molecular weight excluding hydrogens is 300 g/mol. The summed E-state index contributed by atoms with van der Waals surface area (Å²) in [5.41, 5.74) is 0. The summed E-state index contributed by atoms with van der Waals surface area (Å²) in [6.45, 7) is 4.65. The summed E-state index contributed by atoms with van der Waals surface area (Å²) in [6.07, 6.45) is 13.4. The van der Waals surface area contributed by atoms with Gasteiger partial charge in [0, 0.05) is 32.1 Å². The van der Waals surface area contributed by atoms with E-state index in [1.165, 1.54) is 44.9 Å². The Morgan fingerprint density at radius 3 is 2.54 bits per heavy atom. The number of guanidine groups is 1. The van der Waals surface area contributed by atoms with Crippen LogP contribution in [0.25, 0.3) is 0 Å². The van der Waals surface area contributed by atoms with E-state index in [1.807, 2.05) is 0 Å². The van der Waals surface area contributed by atoms with E-state index in [2.05, 4.69) is 27.9 Å². The fraction of sp³-hybridized carbons (Fsp3) is 0.895. The van der Waals surface area contributed by atoms with Crippen LogP contribution in [-0.4, -0.2) is 37.5 Å². The molecule has 2 aliphatic carbocycles. The normalized spacial score (nSPS) is 19.1. The van der Waals surface area contributed by atoms with Crippen molar-refractivity contribution in [3.05, 3.63) is 0 Å². The predicted octanol–water partition coefficient (Wildman–Crippen LogP) is 2.96. The van der Waals surface area contributed by atoms with Gasteiger partial charge in [0.05, 0.1) is 0 Å². The lowest BCUT2D eigenvalue weighted by atomic mass is 9.86. The molecule has 2 rings (SSSR count). The standard InChI is InChI=1S/C19H36N4O/c1-2-20-19(21-14-6-10-16-8-4-3-5-9-16)22-15-7-11-18(24)23-17-12-13-17/h16-17H,2-15H2,1H3,(H,23,24)(H2,20,21,22). The molecule has 0 aromatic heterocycles. The Balaban J connectivity index is 1.54. The zero-order valence-corrected chi connectivity index (χ0v) is 15.4. The number of aliphatic imine (C=N–C) groups is 1. The Bertz CT molecular complexity index is 387. The van der Waals surface area contributed by atoms with Crippen LogP contribution in [-0.2, 0) is 4.79 Å². The molecule has 0 bridgehead atoms. The van der Waals surface area contributed by atoms with Crippen LogP contribution in [0.15, 0.2) is 4.99 Å². The molecule has 0 radical (unpaired) electrons. The number of nitrogens with one attached hydrogen (secondary N) is 3. The van der Waals surface area contributed by atoms with Gasteiger partial charge in [-0.3, -0.25) is 9.79 Å². The van der Waals surface area contributed by atoms with Crippen LogP contribution in [0.3, 0.4) is 0 Å². The molecule has 0 heterocycles. The van der Waals surface area contributed by atoms with Crippen molar-refractivity contribution in [1.82, 2.24) is 16.0 Å². The van der Waals surface area contributed by atoms with Crippen molar-refractivity contribution < 1.29 is 4.79 Å². The van der Waals surface area contributed by atoms with Crippen LogP contribution in [0, 0.1) is 5.92 Å². The van der Waals surface area contributed by atoms with Gasteiger partial charge >= 0.3 is 0 Å². The van der Waals surface area contributed by atoms with Crippen LogP contribution in [0.4, 0.5) is 0 Å². The molecule has 0 unspecified atom stereocenters. The lowest BCUT2D eigenvalue weighted by Gasteiger charge is -2.21. The maximum Gasteiger partial charge on any atom is 0.220 e. The van der Waals surface area contributed by atoms with Crippen molar-refractivity contribution in [3.8, 4) is 0 Å². The molecule has 1 amide bonds. The zero-order chi connectivity index (χ0) is 17.0. The second kappa shape index (κ2) is 11.3. The van der Waals surface area contributed by atoms with Crippen molar-refractivity contribution in [2.75, 3.05) is 19.6 Å². The average Bonchev–Trinajstić information content (AvgIpc) is 3.40. The minimum Gasteiger partial charge on any atom is -0.357 e. The summed E-state index contributed by atoms with van der Waals surface area (Å²) in [7, 11) is 0. The monoisotopic (exact) mass is 336 g/mol. The zero-order valence-electron chi connectivity index (χ0n) is 15.4. The number of carbonyl (C=O) groups is 1.